The summed E-state index contributed by atoms with van der Waals surface area (Å²) in [4.78, 5) is 37.3. The molecule has 1 aromatic carbocycles. The minimum absolute atomic E-state index is 0.00619. The van der Waals surface area contributed by atoms with Crippen LogP contribution in [0.2, 0.25) is 0 Å². The number of phenolic OH excluding ortho intramolecular Hbond substituents is 1. The van der Waals surface area contributed by atoms with Crippen LogP contribution in [0.15, 0.2) is 35.9 Å². The van der Waals surface area contributed by atoms with Crippen molar-refractivity contribution in [1.82, 2.24) is 0 Å². The van der Waals surface area contributed by atoms with Gasteiger partial charge >= 0.3 is 11.9 Å². The lowest BCUT2D eigenvalue weighted by Gasteiger charge is -2.59. The summed E-state index contributed by atoms with van der Waals surface area (Å²) in [6, 6.07) is 3.05. The molecule has 0 aliphatic heterocycles. The largest absolute Gasteiger partial charge is 0.507 e. The average Bonchev–Trinajstić information content (AvgIpc) is 2.70. The third-order valence-corrected chi connectivity index (χ3v) is 6.94. The molecule has 2 N–H and O–H groups in total. The van der Waals surface area contributed by atoms with Crippen molar-refractivity contribution in [1.29, 1.82) is 0 Å². The number of carboxylic acid groups (broad SMARTS) is 1. The van der Waals surface area contributed by atoms with Gasteiger partial charge in [0, 0.05) is 29.7 Å². The van der Waals surface area contributed by atoms with Crippen molar-refractivity contribution in [3.05, 3.63) is 57.2 Å². The molecule has 9 heteroatoms. The lowest BCUT2D eigenvalue weighted by molar-refractivity contribution is -0.757. The van der Waals surface area contributed by atoms with Gasteiger partial charge in [0.05, 0.1) is 6.61 Å². The van der Waals surface area contributed by atoms with E-state index in [1.807, 2.05) is 0 Å². The lowest BCUT2D eigenvalue weighted by Crippen LogP contribution is -2.50. The molecule has 0 radical (unpaired) electrons. The fraction of sp³-hybridized carbons (Fsp3) is 0.500. The van der Waals surface area contributed by atoms with E-state index in [1.165, 1.54) is 11.6 Å². The highest BCUT2D eigenvalue weighted by molar-refractivity contribution is 5.91. The zero-order chi connectivity index (χ0) is 24.3. The number of ether oxygens (including phenoxy) is 1. The topological polar surface area (TPSA) is 136 Å². The van der Waals surface area contributed by atoms with E-state index in [1.54, 1.807) is 6.07 Å². The van der Waals surface area contributed by atoms with Crippen LogP contribution in [0.4, 0.5) is 0 Å². The van der Waals surface area contributed by atoms with Crippen LogP contribution in [-0.4, -0.2) is 33.8 Å². The molecule has 0 saturated heterocycles. The summed E-state index contributed by atoms with van der Waals surface area (Å²) in [7, 11) is 0. The van der Waals surface area contributed by atoms with Crippen LogP contribution in [0.25, 0.3) is 0 Å². The van der Waals surface area contributed by atoms with Crippen LogP contribution in [0, 0.1) is 27.4 Å². The molecule has 178 valence electrons. The highest BCUT2D eigenvalue weighted by atomic mass is 16.9. The van der Waals surface area contributed by atoms with Crippen molar-refractivity contribution in [2.24, 2.45) is 17.3 Å². The number of hydrogen-bond donors (Lipinski definition) is 2. The number of nitrogens with zero attached hydrogens (tertiary/aromatic N) is 1. The van der Waals surface area contributed by atoms with Gasteiger partial charge in [-0.2, -0.15) is 0 Å². The van der Waals surface area contributed by atoms with Gasteiger partial charge in [-0.1, -0.05) is 25.5 Å². The second kappa shape index (κ2) is 9.64. The molecule has 3 aliphatic carbocycles. The van der Waals surface area contributed by atoms with E-state index in [9.17, 15) is 24.8 Å². The first-order valence-corrected chi connectivity index (χ1v) is 10.9. The van der Waals surface area contributed by atoms with Crippen LogP contribution in [0.1, 0.15) is 57.1 Å². The number of carbonyl (C=O) groups excluding carboxylic acids is 1. The maximum Gasteiger partial charge on any atom is 0.336 e. The lowest BCUT2D eigenvalue weighted by atomic mass is 9.45. The first-order valence-electron chi connectivity index (χ1n) is 10.9. The van der Waals surface area contributed by atoms with Gasteiger partial charge in [0.1, 0.15) is 11.5 Å². The number of aromatic hydroxyl groups is 1. The first kappa shape index (κ1) is 24.3. The third-order valence-electron chi connectivity index (χ3n) is 6.94. The average molecular weight is 459 g/mol. The number of carboxylic acids is 1. The summed E-state index contributed by atoms with van der Waals surface area (Å²) in [5.74, 6) is -1.13. The normalized spacial score (nSPS) is 22.9. The minimum atomic E-state index is -1.27. The maximum atomic E-state index is 11.9. The van der Waals surface area contributed by atoms with Crippen molar-refractivity contribution in [3.8, 4) is 11.5 Å². The maximum absolute atomic E-state index is 11.9. The smallest absolute Gasteiger partial charge is 0.336 e. The molecule has 0 spiro atoms. The summed E-state index contributed by atoms with van der Waals surface area (Å²) in [5, 5.41) is 29.2. The number of carbonyl (C=O) groups is 2. The number of rotatable bonds is 10. The zero-order valence-electron chi connectivity index (χ0n) is 18.9. The number of hydrogen-bond acceptors (Lipinski definition) is 7. The molecule has 0 heterocycles. The number of fused-ring (bicyclic) bond motifs is 1. The second-order valence-corrected chi connectivity index (χ2v) is 9.27. The predicted octanol–water partition coefficient (Wildman–Crippen LogP) is 4.18. The molecule has 3 atom stereocenters. The molecule has 3 aliphatic rings. The highest BCUT2D eigenvalue weighted by Gasteiger charge is 2.55. The summed E-state index contributed by atoms with van der Waals surface area (Å²) in [6.07, 6.45) is 6.25. The van der Waals surface area contributed by atoms with Gasteiger partial charge in [-0.05, 0) is 61.5 Å². The van der Waals surface area contributed by atoms with Crippen molar-refractivity contribution < 1.29 is 34.5 Å². The van der Waals surface area contributed by atoms with Gasteiger partial charge in [0.2, 0.25) is 0 Å². The molecule has 0 aromatic heterocycles. The molecule has 1 fully saturated rings. The van der Waals surface area contributed by atoms with Gasteiger partial charge < -0.3 is 19.8 Å². The van der Waals surface area contributed by atoms with Gasteiger partial charge in [0.25, 0.3) is 5.09 Å². The van der Waals surface area contributed by atoms with E-state index >= 15 is 0 Å². The predicted molar refractivity (Wildman–Crippen MR) is 118 cm³/mol. The Morgan fingerprint density at radius 2 is 2.00 bits per heavy atom. The molecule has 1 saturated carbocycles. The van der Waals surface area contributed by atoms with Crippen LogP contribution < -0.4 is 4.74 Å². The molecular formula is C24H29NO8. The molecular weight excluding hydrogens is 430 g/mol. The quantitative estimate of drug-likeness (QED) is 0.101. The Bertz CT molecular complexity index is 1010. The Labute approximate surface area is 191 Å². The molecule has 9 nitrogen and oxygen atoms in total. The molecule has 4 rings (SSSR count). The Morgan fingerprint density at radius 1 is 1.27 bits per heavy atom. The third kappa shape index (κ3) is 5.35. The number of esters is 1. The number of phenols is 1. The van der Waals surface area contributed by atoms with Crippen LogP contribution in [-0.2, 0) is 20.8 Å². The van der Waals surface area contributed by atoms with Crippen molar-refractivity contribution in [2.45, 2.75) is 52.4 Å². The van der Waals surface area contributed by atoms with E-state index in [2.05, 4.69) is 31.7 Å². The number of allylic oxidation sites excluding steroid dienone is 2. The Kier molecular flexibility index (Phi) is 7.09. The fourth-order valence-corrected chi connectivity index (χ4v) is 5.31. The van der Waals surface area contributed by atoms with Crippen LogP contribution >= 0.6 is 0 Å². The summed E-state index contributed by atoms with van der Waals surface area (Å²) in [6.45, 7) is 6.58. The summed E-state index contributed by atoms with van der Waals surface area (Å²) < 4.78 is 5.21. The number of benzene rings is 1. The first-order chi connectivity index (χ1) is 15.5. The standard InChI is InChI=1S/C24H29NO8/c1-14-10-17(19-13-18(14)24(19,2)3)23-15(6-4-5-9-32-25(30)31)11-16(12-20(23)26)33-22(29)8-7-21(27)28/h7-8,10-12,17-19,26H,4-6,9,13H2,1-3H3,(H,27,28)/b8-7+/t17-,18-,19+/m0/s1. The zero-order valence-corrected chi connectivity index (χ0v) is 18.9. The number of aryl methyl sites for hydroxylation is 1. The van der Waals surface area contributed by atoms with Crippen molar-refractivity contribution in [2.75, 3.05) is 6.61 Å². The summed E-state index contributed by atoms with van der Waals surface area (Å²) >= 11 is 0. The van der Waals surface area contributed by atoms with Crippen molar-refractivity contribution >= 4 is 11.9 Å². The van der Waals surface area contributed by atoms with E-state index in [-0.39, 0.29) is 29.4 Å². The van der Waals surface area contributed by atoms with Crippen molar-refractivity contribution in [3.63, 3.8) is 0 Å². The monoisotopic (exact) mass is 459 g/mol. The Hall–Kier alpha value is -3.36. The Morgan fingerprint density at radius 3 is 2.61 bits per heavy atom. The fourth-order valence-electron chi connectivity index (χ4n) is 5.31. The SMILES string of the molecule is CC1=C[C@H](c2c(O)cc(OC(=O)/C=C/C(=O)O)cc2CCCCO[N+](=O)[O-])[C@H]2C[C@@H]1C2(C)C. The number of unbranched alkanes of at least 4 members (excludes halogenated alkanes) is 1. The van der Waals surface area contributed by atoms with Gasteiger partial charge in [-0.3, -0.25) is 0 Å². The van der Waals surface area contributed by atoms with Crippen LogP contribution in [0.3, 0.4) is 0 Å². The number of aliphatic carboxylic acids is 1. The van der Waals surface area contributed by atoms with Gasteiger partial charge in [-0.25, -0.2) is 9.59 Å². The molecule has 0 amide bonds. The van der Waals surface area contributed by atoms with Crippen LogP contribution in [0.5, 0.6) is 11.5 Å². The summed E-state index contributed by atoms with van der Waals surface area (Å²) in [5.41, 5.74) is 2.98. The highest BCUT2D eigenvalue weighted by Crippen LogP contribution is 2.64. The molecule has 33 heavy (non-hydrogen) atoms. The second-order valence-electron chi connectivity index (χ2n) is 9.27. The molecule has 1 aromatic rings. The Balaban J connectivity index is 1.89. The van der Waals surface area contributed by atoms with E-state index in [0.29, 0.717) is 37.2 Å². The van der Waals surface area contributed by atoms with Gasteiger partial charge in [0.15, 0.2) is 0 Å². The van der Waals surface area contributed by atoms with Gasteiger partial charge in [-0.15, -0.1) is 10.1 Å². The minimum Gasteiger partial charge on any atom is -0.507 e. The molecule has 0 unspecified atom stereocenters. The molecule has 2 bridgehead atoms. The van der Waals surface area contributed by atoms with E-state index in [4.69, 9.17) is 9.84 Å². The van der Waals surface area contributed by atoms with E-state index < -0.39 is 17.0 Å². The van der Waals surface area contributed by atoms with E-state index in [0.717, 1.165) is 23.6 Å².